The van der Waals surface area contributed by atoms with Crippen LogP contribution in [0.2, 0.25) is 5.02 Å². The summed E-state index contributed by atoms with van der Waals surface area (Å²) in [6.45, 7) is 0. The zero-order chi connectivity index (χ0) is 15.6. The number of sulfonamides is 1. The Morgan fingerprint density at radius 1 is 1.24 bits per heavy atom. The van der Waals surface area contributed by atoms with E-state index in [-0.39, 0.29) is 10.6 Å². The van der Waals surface area contributed by atoms with Crippen LogP contribution in [-0.2, 0) is 10.0 Å². The van der Waals surface area contributed by atoms with E-state index >= 15 is 0 Å². The highest BCUT2D eigenvalue weighted by Gasteiger charge is 2.18. The normalized spacial score (nSPS) is 11.2. The summed E-state index contributed by atoms with van der Waals surface area (Å²) in [6.07, 6.45) is 0. The largest absolute Gasteiger partial charge is 0.497 e. The second-order valence-corrected chi connectivity index (χ2v) is 7.17. The van der Waals surface area contributed by atoms with Gasteiger partial charge in [0.05, 0.1) is 18.5 Å². The van der Waals surface area contributed by atoms with E-state index in [1.54, 1.807) is 18.2 Å². The maximum absolute atomic E-state index is 12.4. The Hall–Kier alpha value is -1.44. The molecule has 0 aliphatic heterocycles. The van der Waals surface area contributed by atoms with Crippen molar-refractivity contribution in [1.82, 2.24) is 0 Å². The molecule has 0 saturated heterocycles. The van der Waals surface area contributed by atoms with Crippen LogP contribution in [0.15, 0.2) is 45.8 Å². The highest BCUT2D eigenvalue weighted by Crippen LogP contribution is 2.28. The van der Waals surface area contributed by atoms with Crippen LogP contribution in [-0.4, -0.2) is 15.5 Å². The average Bonchev–Trinajstić information content (AvgIpc) is 2.36. The highest BCUT2D eigenvalue weighted by molar-refractivity contribution is 9.10. The van der Waals surface area contributed by atoms with Crippen molar-refractivity contribution in [3.8, 4) is 5.75 Å². The molecule has 0 saturated carbocycles. The molecule has 3 N–H and O–H groups in total. The van der Waals surface area contributed by atoms with Crippen molar-refractivity contribution in [3.63, 3.8) is 0 Å². The first-order chi connectivity index (χ1) is 9.81. The van der Waals surface area contributed by atoms with Gasteiger partial charge in [0.2, 0.25) is 0 Å². The lowest BCUT2D eigenvalue weighted by atomic mass is 10.3. The summed E-state index contributed by atoms with van der Waals surface area (Å²) in [7, 11) is -2.32. The number of nitrogen functional groups attached to an aromatic ring is 1. The minimum Gasteiger partial charge on any atom is -0.497 e. The summed E-state index contributed by atoms with van der Waals surface area (Å²) in [5.41, 5.74) is 6.15. The van der Waals surface area contributed by atoms with Gasteiger partial charge < -0.3 is 10.5 Å². The van der Waals surface area contributed by atoms with Gasteiger partial charge in [-0.25, -0.2) is 8.42 Å². The molecule has 0 radical (unpaired) electrons. The van der Waals surface area contributed by atoms with E-state index in [1.165, 1.54) is 25.3 Å². The molecule has 21 heavy (non-hydrogen) atoms. The number of halogens is 2. The van der Waals surface area contributed by atoms with E-state index < -0.39 is 10.0 Å². The topological polar surface area (TPSA) is 81.4 Å². The fourth-order valence-corrected chi connectivity index (χ4v) is 3.52. The molecule has 0 amide bonds. The van der Waals surface area contributed by atoms with Crippen LogP contribution in [0.4, 0.5) is 11.4 Å². The first kappa shape index (κ1) is 15.9. The molecule has 0 spiro atoms. The molecule has 0 aromatic heterocycles. The quantitative estimate of drug-likeness (QED) is 0.782. The summed E-state index contributed by atoms with van der Waals surface area (Å²) >= 11 is 9.05. The summed E-state index contributed by atoms with van der Waals surface area (Å²) < 4.78 is 32.9. The van der Waals surface area contributed by atoms with Crippen LogP contribution < -0.4 is 15.2 Å². The van der Waals surface area contributed by atoms with Crippen LogP contribution in [0.25, 0.3) is 0 Å². The summed E-state index contributed by atoms with van der Waals surface area (Å²) in [5.74, 6) is 0.520. The second-order valence-electron chi connectivity index (χ2n) is 4.17. The van der Waals surface area contributed by atoms with Crippen molar-refractivity contribution in [2.45, 2.75) is 4.90 Å². The van der Waals surface area contributed by atoms with Gasteiger partial charge in [-0.1, -0.05) is 27.5 Å². The molecule has 2 aromatic carbocycles. The molecule has 0 heterocycles. The smallest absolute Gasteiger partial charge is 0.263 e. The van der Waals surface area contributed by atoms with Gasteiger partial charge in [0.25, 0.3) is 10.0 Å². The number of benzene rings is 2. The molecule has 0 fully saturated rings. The lowest BCUT2D eigenvalue weighted by molar-refractivity contribution is 0.415. The zero-order valence-electron chi connectivity index (χ0n) is 10.9. The Kier molecular flexibility index (Phi) is 4.65. The van der Waals surface area contributed by atoms with Crippen LogP contribution in [0.5, 0.6) is 5.75 Å². The van der Waals surface area contributed by atoms with Crippen LogP contribution in [0.3, 0.4) is 0 Å². The van der Waals surface area contributed by atoms with Gasteiger partial charge in [-0.3, -0.25) is 4.72 Å². The van der Waals surface area contributed by atoms with Crippen molar-refractivity contribution in [1.29, 1.82) is 0 Å². The fourth-order valence-electron chi connectivity index (χ4n) is 1.71. The van der Waals surface area contributed by atoms with Crippen molar-refractivity contribution < 1.29 is 13.2 Å². The number of rotatable bonds is 4. The predicted octanol–water partition coefficient (Wildman–Crippen LogP) is 3.49. The highest BCUT2D eigenvalue weighted by atomic mass is 79.9. The number of anilines is 2. The number of hydrogen-bond donors (Lipinski definition) is 2. The Morgan fingerprint density at radius 2 is 1.95 bits per heavy atom. The van der Waals surface area contributed by atoms with E-state index in [4.69, 9.17) is 22.1 Å². The Labute approximate surface area is 136 Å². The molecular weight excluding hydrogens is 380 g/mol. The van der Waals surface area contributed by atoms with Crippen LogP contribution >= 0.6 is 27.5 Å². The van der Waals surface area contributed by atoms with Crippen LogP contribution in [0, 0.1) is 0 Å². The number of hydrogen-bond acceptors (Lipinski definition) is 4. The summed E-state index contributed by atoms with van der Waals surface area (Å²) in [5, 5.41) is 0.371. The van der Waals surface area contributed by atoms with Gasteiger partial charge in [-0.2, -0.15) is 0 Å². The van der Waals surface area contributed by atoms with Crippen LogP contribution in [0.1, 0.15) is 0 Å². The van der Waals surface area contributed by atoms with Gasteiger partial charge >= 0.3 is 0 Å². The Bertz CT molecular complexity index is 781. The summed E-state index contributed by atoms with van der Waals surface area (Å²) in [6, 6.07) is 9.11. The zero-order valence-corrected chi connectivity index (χ0v) is 14.1. The lowest BCUT2D eigenvalue weighted by Crippen LogP contribution is -2.14. The Balaban J connectivity index is 2.39. The summed E-state index contributed by atoms with van der Waals surface area (Å²) in [4.78, 5) is -0.0363. The molecule has 0 aliphatic rings. The predicted molar refractivity (Wildman–Crippen MR) is 87.4 cm³/mol. The first-order valence-corrected chi connectivity index (χ1v) is 8.39. The number of ether oxygens (including phenoxy) is 1. The van der Waals surface area contributed by atoms with Gasteiger partial charge in [0.15, 0.2) is 0 Å². The van der Waals surface area contributed by atoms with Crippen molar-refractivity contribution in [2.75, 3.05) is 17.6 Å². The van der Waals surface area contributed by atoms with E-state index in [2.05, 4.69) is 20.7 Å². The third-order valence-electron chi connectivity index (χ3n) is 2.62. The van der Waals surface area contributed by atoms with E-state index in [1.807, 2.05) is 0 Å². The van der Waals surface area contributed by atoms with Gasteiger partial charge in [0, 0.05) is 15.6 Å². The molecule has 2 aromatic rings. The molecule has 0 aliphatic carbocycles. The lowest BCUT2D eigenvalue weighted by Gasteiger charge is -2.12. The number of nitrogens with one attached hydrogen (secondary N) is 1. The number of methoxy groups -OCH3 is 1. The molecule has 112 valence electrons. The number of nitrogens with two attached hydrogens (primary N) is 1. The van der Waals surface area contributed by atoms with Gasteiger partial charge in [0.1, 0.15) is 10.6 Å². The Morgan fingerprint density at radius 3 is 2.57 bits per heavy atom. The van der Waals surface area contributed by atoms with E-state index in [9.17, 15) is 8.42 Å². The monoisotopic (exact) mass is 390 g/mol. The third-order valence-corrected chi connectivity index (χ3v) is 4.77. The van der Waals surface area contributed by atoms with E-state index in [0.717, 1.165) is 0 Å². The molecule has 0 unspecified atom stereocenters. The molecule has 5 nitrogen and oxygen atoms in total. The van der Waals surface area contributed by atoms with Gasteiger partial charge in [-0.05, 0) is 30.3 Å². The minimum atomic E-state index is -3.81. The second kappa shape index (κ2) is 6.13. The standard InChI is InChI=1S/C13H12BrClN2O3S/c1-20-11-5-8(14)4-10(7-11)17-21(18,19)13-3-2-9(15)6-12(13)16/h2-7,17H,16H2,1H3. The van der Waals surface area contributed by atoms with Crippen molar-refractivity contribution in [2.24, 2.45) is 0 Å². The molecule has 0 bridgehead atoms. The molecule has 8 heteroatoms. The SMILES string of the molecule is COc1cc(Br)cc(NS(=O)(=O)c2ccc(Cl)cc2N)c1. The van der Waals surface area contributed by atoms with Crippen molar-refractivity contribution in [3.05, 3.63) is 45.9 Å². The van der Waals surface area contributed by atoms with Gasteiger partial charge in [-0.15, -0.1) is 0 Å². The molecule has 2 rings (SSSR count). The van der Waals surface area contributed by atoms with E-state index in [0.29, 0.717) is 20.9 Å². The minimum absolute atomic E-state index is 0.0363. The maximum atomic E-state index is 12.4. The average molecular weight is 392 g/mol. The first-order valence-electron chi connectivity index (χ1n) is 5.74. The van der Waals surface area contributed by atoms with Crippen molar-refractivity contribution >= 4 is 48.9 Å². The fraction of sp³-hybridized carbons (Fsp3) is 0.0769. The molecular formula is C13H12BrClN2O3S. The molecule has 0 atom stereocenters. The third kappa shape index (κ3) is 3.81. The maximum Gasteiger partial charge on any atom is 0.263 e.